The summed E-state index contributed by atoms with van der Waals surface area (Å²) in [5.74, 6) is 0.807. The van der Waals surface area contributed by atoms with E-state index in [0.717, 1.165) is 10.0 Å². The van der Waals surface area contributed by atoms with E-state index in [2.05, 4.69) is 36.4 Å². The van der Waals surface area contributed by atoms with Crippen molar-refractivity contribution in [3.8, 4) is 11.5 Å². The van der Waals surface area contributed by atoms with Gasteiger partial charge in [0.2, 0.25) is 11.8 Å². The third-order valence-corrected chi connectivity index (χ3v) is 3.24. The van der Waals surface area contributed by atoms with E-state index in [1.165, 1.54) is 10.9 Å². The summed E-state index contributed by atoms with van der Waals surface area (Å²) in [6.07, 6.45) is 2.14. The van der Waals surface area contributed by atoms with Crippen LogP contribution in [0.15, 0.2) is 39.4 Å². The van der Waals surface area contributed by atoms with Gasteiger partial charge in [-0.15, -0.1) is 15.3 Å². The van der Waals surface area contributed by atoms with E-state index >= 15 is 0 Å². The Bertz CT molecular complexity index is 752. The first kappa shape index (κ1) is 12.7. The average Bonchev–Trinajstić information content (AvgIpc) is 3.09. The molecular formula is C12H8BrN5O2. The van der Waals surface area contributed by atoms with Gasteiger partial charge in [-0.05, 0) is 28.1 Å². The van der Waals surface area contributed by atoms with Crippen LogP contribution < -0.4 is 0 Å². The van der Waals surface area contributed by atoms with Crippen molar-refractivity contribution in [2.45, 2.75) is 6.54 Å². The average molecular weight is 334 g/mol. The summed E-state index contributed by atoms with van der Waals surface area (Å²) in [5.41, 5.74) is 1.08. The molecular weight excluding hydrogens is 326 g/mol. The van der Waals surface area contributed by atoms with E-state index < -0.39 is 0 Å². The smallest absolute Gasteiger partial charge is 0.248 e. The predicted molar refractivity (Wildman–Crippen MR) is 71.9 cm³/mol. The molecule has 0 unspecified atom stereocenters. The zero-order valence-electron chi connectivity index (χ0n) is 10.1. The molecule has 0 aliphatic carbocycles. The lowest BCUT2D eigenvalue weighted by Crippen LogP contribution is -2.00. The van der Waals surface area contributed by atoms with Crippen molar-refractivity contribution in [3.05, 3.63) is 46.5 Å². The molecule has 0 atom stereocenters. The molecule has 0 aliphatic heterocycles. The van der Waals surface area contributed by atoms with Gasteiger partial charge in [-0.25, -0.2) is 4.68 Å². The van der Waals surface area contributed by atoms with E-state index in [4.69, 9.17) is 4.42 Å². The molecule has 0 N–H and O–H groups in total. The largest absolute Gasteiger partial charge is 0.419 e. The Labute approximate surface area is 121 Å². The van der Waals surface area contributed by atoms with E-state index in [1.807, 2.05) is 24.3 Å². The lowest BCUT2D eigenvalue weighted by Gasteiger charge is -1.97. The van der Waals surface area contributed by atoms with Crippen molar-refractivity contribution in [2.75, 3.05) is 0 Å². The van der Waals surface area contributed by atoms with Crippen molar-refractivity contribution in [2.24, 2.45) is 0 Å². The van der Waals surface area contributed by atoms with Crippen LogP contribution in [0.4, 0.5) is 0 Å². The predicted octanol–water partition coefficient (Wildman–Crippen LogP) is 1.95. The molecule has 20 heavy (non-hydrogen) atoms. The molecule has 0 spiro atoms. The lowest BCUT2D eigenvalue weighted by atomic mass is 10.2. The van der Waals surface area contributed by atoms with Gasteiger partial charge in [0.25, 0.3) is 0 Å². The molecule has 0 saturated carbocycles. The molecule has 1 aromatic carbocycles. The van der Waals surface area contributed by atoms with Crippen molar-refractivity contribution >= 4 is 22.2 Å². The molecule has 100 valence electrons. The fraction of sp³-hybridized carbons (Fsp3) is 0.0833. The molecule has 0 radical (unpaired) electrons. The Hall–Kier alpha value is -2.35. The highest BCUT2D eigenvalue weighted by molar-refractivity contribution is 9.10. The van der Waals surface area contributed by atoms with Crippen molar-refractivity contribution in [3.63, 3.8) is 0 Å². The normalized spacial score (nSPS) is 10.7. The molecule has 0 amide bonds. The van der Waals surface area contributed by atoms with Crippen molar-refractivity contribution in [1.82, 2.24) is 25.2 Å². The standard InChI is InChI=1S/C12H8BrN5O2/c13-10-4-2-1-3-9(10)12-16-15-11(20-12)6-18-5-8(7-19)14-17-18/h1-5,7H,6H2. The summed E-state index contributed by atoms with van der Waals surface area (Å²) in [4.78, 5) is 10.5. The van der Waals surface area contributed by atoms with Gasteiger partial charge in [0.1, 0.15) is 12.2 Å². The van der Waals surface area contributed by atoms with Crippen LogP contribution in [0.3, 0.4) is 0 Å². The number of carbonyl (C=O) groups is 1. The summed E-state index contributed by atoms with van der Waals surface area (Å²) in [6.45, 7) is 0.262. The second-order valence-corrected chi connectivity index (χ2v) is 4.79. The highest BCUT2D eigenvalue weighted by Crippen LogP contribution is 2.26. The maximum Gasteiger partial charge on any atom is 0.248 e. The minimum atomic E-state index is 0.260. The first-order valence-electron chi connectivity index (χ1n) is 5.69. The second-order valence-electron chi connectivity index (χ2n) is 3.94. The fourth-order valence-electron chi connectivity index (χ4n) is 1.64. The Kier molecular flexibility index (Phi) is 3.38. The number of rotatable bonds is 4. The molecule has 2 aromatic heterocycles. The number of halogens is 1. The first-order valence-corrected chi connectivity index (χ1v) is 6.48. The van der Waals surface area contributed by atoms with Crippen LogP contribution >= 0.6 is 15.9 Å². The zero-order valence-corrected chi connectivity index (χ0v) is 11.7. The van der Waals surface area contributed by atoms with Gasteiger partial charge < -0.3 is 4.42 Å². The number of carbonyl (C=O) groups excluding carboxylic acids is 1. The van der Waals surface area contributed by atoms with Gasteiger partial charge in [-0.2, -0.15) is 0 Å². The number of hydrogen-bond acceptors (Lipinski definition) is 6. The third kappa shape index (κ3) is 2.50. The molecule has 3 rings (SSSR count). The highest BCUT2D eigenvalue weighted by atomic mass is 79.9. The molecule has 7 nitrogen and oxygen atoms in total. The minimum Gasteiger partial charge on any atom is -0.419 e. The summed E-state index contributed by atoms with van der Waals surface area (Å²) < 4.78 is 7.90. The summed E-state index contributed by atoms with van der Waals surface area (Å²) in [5, 5.41) is 15.4. The van der Waals surface area contributed by atoms with Gasteiger partial charge in [0.15, 0.2) is 6.29 Å². The minimum absolute atomic E-state index is 0.260. The van der Waals surface area contributed by atoms with Crippen LogP contribution in [-0.2, 0) is 6.54 Å². The maximum atomic E-state index is 10.5. The van der Waals surface area contributed by atoms with Crippen molar-refractivity contribution < 1.29 is 9.21 Å². The van der Waals surface area contributed by atoms with E-state index in [-0.39, 0.29) is 12.2 Å². The van der Waals surface area contributed by atoms with Crippen molar-refractivity contribution in [1.29, 1.82) is 0 Å². The topological polar surface area (TPSA) is 86.7 Å². The molecule has 0 fully saturated rings. The van der Waals surface area contributed by atoms with E-state index in [0.29, 0.717) is 18.1 Å². The van der Waals surface area contributed by atoms with Crippen LogP contribution in [0.25, 0.3) is 11.5 Å². The number of aldehydes is 1. The summed E-state index contributed by atoms with van der Waals surface area (Å²) in [6, 6.07) is 7.56. The Morgan fingerprint density at radius 2 is 2.10 bits per heavy atom. The first-order chi connectivity index (χ1) is 9.76. The molecule has 8 heteroatoms. The van der Waals surface area contributed by atoms with E-state index in [9.17, 15) is 4.79 Å². The van der Waals surface area contributed by atoms with Gasteiger partial charge in [-0.1, -0.05) is 17.3 Å². The number of hydrogen-bond donors (Lipinski definition) is 0. The van der Waals surface area contributed by atoms with E-state index in [1.54, 1.807) is 0 Å². The SMILES string of the molecule is O=Cc1cn(Cc2nnc(-c3ccccc3Br)o2)nn1. The highest BCUT2D eigenvalue weighted by Gasteiger charge is 2.12. The molecule has 0 bridgehead atoms. The molecule has 2 heterocycles. The summed E-state index contributed by atoms with van der Waals surface area (Å²) >= 11 is 3.43. The fourth-order valence-corrected chi connectivity index (χ4v) is 2.10. The molecule has 0 saturated heterocycles. The Morgan fingerprint density at radius 3 is 2.85 bits per heavy atom. The molecule has 3 aromatic rings. The quantitative estimate of drug-likeness (QED) is 0.678. The monoisotopic (exact) mass is 333 g/mol. The lowest BCUT2D eigenvalue weighted by molar-refractivity contribution is 0.111. The van der Waals surface area contributed by atoms with Gasteiger partial charge in [-0.3, -0.25) is 4.79 Å². The van der Waals surface area contributed by atoms with Crippen LogP contribution in [-0.4, -0.2) is 31.5 Å². The zero-order chi connectivity index (χ0) is 13.9. The Morgan fingerprint density at radius 1 is 1.25 bits per heavy atom. The van der Waals surface area contributed by atoms with Gasteiger partial charge in [0, 0.05) is 4.47 Å². The Balaban J connectivity index is 1.83. The van der Waals surface area contributed by atoms with Crippen LogP contribution in [0.2, 0.25) is 0 Å². The number of benzene rings is 1. The number of nitrogens with zero attached hydrogens (tertiary/aromatic N) is 5. The number of aromatic nitrogens is 5. The van der Waals surface area contributed by atoms with Gasteiger partial charge in [0.05, 0.1) is 11.8 Å². The van der Waals surface area contributed by atoms with Gasteiger partial charge >= 0.3 is 0 Å². The maximum absolute atomic E-state index is 10.5. The third-order valence-electron chi connectivity index (χ3n) is 2.55. The molecule has 0 aliphatic rings. The van der Waals surface area contributed by atoms with Crippen LogP contribution in [0.5, 0.6) is 0 Å². The van der Waals surface area contributed by atoms with Crippen LogP contribution in [0.1, 0.15) is 16.4 Å². The second kappa shape index (κ2) is 5.33. The summed E-state index contributed by atoms with van der Waals surface area (Å²) in [7, 11) is 0. The van der Waals surface area contributed by atoms with Crippen LogP contribution in [0, 0.1) is 0 Å².